The number of hydrogen-bond acceptors (Lipinski definition) is 2. The van der Waals surface area contributed by atoms with Gasteiger partial charge in [0, 0.05) is 18.8 Å². The lowest BCUT2D eigenvalue weighted by molar-refractivity contribution is 0.0445. The van der Waals surface area contributed by atoms with Gasteiger partial charge in [-0.3, -0.25) is 4.98 Å². The number of aromatic nitrogens is 1. The van der Waals surface area contributed by atoms with Crippen LogP contribution in [0.2, 0.25) is 0 Å². The number of rotatable bonds is 2. The second-order valence-corrected chi connectivity index (χ2v) is 4.61. The molecule has 1 aliphatic carbocycles. The van der Waals surface area contributed by atoms with Gasteiger partial charge in [-0.05, 0) is 36.8 Å². The van der Waals surface area contributed by atoms with Crippen molar-refractivity contribution in [3.8, 4) is 0 Å². The standard InChI is InChI=1S/C12H17NO/c1-10-4-5-12(14,7-10)8-11-3-2-6-13-9-11/h2-3,6,9-10,14H,4-5,7-8H2,1H3. The monoisotopic (exact) mass is 191 g/mol. The summed E-state index contributed by atoms with van der Waals surface area (Å²) in [4.78, 5) is 4.07. The van der Waals surface area contributed by atoms with Crippen LogP contribution in [0.3, 0.4) is 0 Å². The van der Waals surface area contributed by atoms with Gasteiger partial charge in [0.05, 0.1) is 5.60 Å². The normalized spacial score (nSPS) is 32.0. The van der Waals surface area contributed by atoms with Gasteiger partial charge >= 0.3 is 0 Å². The quantitative estimate of drug-likeness (QED) is 0.777. The van der Waals surface area contributed by atoms with Crippen LogP contribution < -0.4 is 0 Å². The maximum atomic E-state index is 10.3. The van der Waals surface area contributed by atoms with Gasteiger partial charge in [-0.2, -0.15) is 0 Å². The fourth-order valence-corrected chi connectivity index (χ4v) is 2.41. The summed E-state index contributed by atoms with van der Waals surface area (Å²) in [5, 5.41) is 10.3. The first kappa shape index (κ1) is 9.66. The predicted molar refractivity (Wildman–Crippen MR) is 55.9 cm³/mol. The molecule has 1 aliphatic rings. The van der Waals surface area contributed by atoms with E-state index in [4.69, 9.17) is 0 Å². The Labute approximate surface area is 85.0 Å². The molecule has 1 N–H and O–H groups in total. The van der Waals surface area contributed by atoms with Crippen LogP contribution in [0.25, 0.3) is 0 Å². The highest BCUT2D eigenvalue weighted by Gasteiger charge is 2.35. The SMILES string of the molecule is CC1CCC(O)(Cc2cccnc2)C1. The third kappa shape index (κ3) is 2.13. The van der Waals surface area contributed by atoms with Crippen molar-refractivity contribution in [3.63, 3.8) is 0 Å². The van der Waals surface area contributed by atoms with Crippen LogP contribution in [0.1, 0.15) is 31.7 Å². The van der Waals surface area contributed by atoms with Gasteiger partial charge in [0.15, 0.2) is 0 Å². The van der Waals surface area contributed by atoms with Crippen molar-refractivity contribution < 1.29 is 5.11 Å². The minimum Gasteiger partial charge on any atom is -0.390 e. The Balaban J connectivity index is 2.04. The van der Waals surface area contributed by atoms with Crippen LogP contribution in [-0.4, -0.2) is 15.7 Å². The molecule has 0 radical (unpaired) electrons. The van der Waals surface area contributed by atoms with Gasteiger partial charge < -0.3 is 5.11 Å². The van der Waals surface area contributed by atoms with E-state index in [1.807, 2.05) is 18.3 Å². The zero-order valence-corrected chi connectivity index (χ0v) is 8.61. The van der Waals surface area contributed by atoms with E-state index >= 15 is 0 Å². The van der Waals surface area contributed by atoms with Crippen LogP contribution in [0.15, 0.2) is 24.5 Å². The lowest BCUT2D eigenvalue weighted by Gasteiger charge is -2.22. The average Bonchev–Trinajstić information content (AvgIpc) is 2.47. The maximum Gasteiger partial charge on any atom is 0.0691 e. The molecule has 1 fully saturated rings. The van der Waals surface area contributed by atoms with E-state index in [0.717, 1.165) is 31.2 Å². The molecule has 2 heteroatoms. The van der Waals surface area contributed by atoms with Crippen molar-refractivity contribution >= 4 is 0 Å². The van der Waals surface area contributed by atoms with E-state index in [2.05, 4.69) is 11.9 Å². The van der Waals surface area contributed by atoms with Gasteiger partial charge in [0.25, 0.3) is 0 Å². The molecular formula is C12H17NO. The van der Waals surface area contributed by atoms with E-state index in [9.17, 15) is 5.11 Å². The van der Waals surface area contributed by atoms with E-state index in [1.54, 1.807) is 6.20 Å². The van der Waals surface area contributed by atoms with Crippen LogP contribution in [-0.2, 0) is 6.42 Å². The summed E-state index contributed by atoms with van der Waals surface area (Å²) in [5.41, 5.74) is 0.673. The largest absolute Gasteiger partial charge is 0.390 e. The first-order valence-electron chi connectivity index (χ1n) is 5.29. The summed E-state index contributed by atoms with van der Waals surface area (Å²) in [6.07, 6.45) is 7.39. The molecule has 2 nitrogen and oxygen atoms in total. The lowest BCUT2D eigenvalue weighted by Crippen LogP contribution is -2.27. The zero-order chi connectivity index (χ0) is 10.0. The van der Waals surface area contributed by atoms with Crippen LogP contribution in [0, 0.1) is 5.92 Å². The third-order valence-corrected chi connectivity index (χ3v) is 3.09. The molecule has 0 saturated heterocycles. The zero-order valence-electron chi connectivity index (χ0n) is 8.61. The van der Waals surface area contributed by atoms with Gasteiger partial charge in [-0.1, -0.05) is 13.0 Å². The molecule has 0 spiro atoms. The second kappa shape index (κ2) is 3.70. The van der Waals surface area contributed by atoms with Gasteiger partial charge in [-0.15, -0.1) is 0 Å². The second-order valence-electron chi connectivity index (χ2n) is 4.61. The summed E-state index contributed by atoms with van der Waals surface area (Å²) < 4.78 is 0. The van der Waals surface area contributed by atoms with E-state index in [0.29, 0.717) is 5.92 Å². The van der Waals surface area contributed by atoms with Gasteiger partial charge in [0.2, 0.25) is 0 Å². The summed E-state index contributed by atoms with van der Waals surface area (Å²) in [6, 6.07) is 3.96. The molecule has 14 heavy (non-hydrogen) atoms. The third-order valence-electron chi connectivity index (χ3n) is 3.09. The Morgan fingerprint density at radius 1 is 1.64 bits per heavy atom. The average molecular weight is 191 g/mol. The molecule has 76 valence electrons. The Morgan fingerprint density at radius 2 is 2.50 bits per heavy atom. The molecule has 1 saturated carbocycles. The molecule has 1 heterocycles. The molecule has 2 atom stereocenters. The van der Waals surface area contributed by atoms with E-state index < -0.39 is 5.60 Å². The van der Waals surface area contributed by atoms with Crippen LogP contribution in [0.4, 0.5) is 0 Å². The van der Waals surface area contributed by atoms with Crippen molar-refractivity contribution in [2.75, 3.05) is 0 Å². The number of hydrogen-bond donors (Lipinski definition) is 1. The molecule has 0 aromatic carbocycles. The molecule has 2 rings (SSSR count). The minimum atomic E-state index is -0.470. The van der Waals surface area contributed by atoms with Crippen molar-refractivity contribution in [1.29, 1.82) is 0 Å². The number of nitrogens with zero attached hydrogens (tertiary/aromatic N) is 1. The van der Waals surface area contributed by atoms with E-state index in [1.165, 1.54) is 0 Å². The minimum absolute atomic E-state index is 0.470. The van der Waals surface area contributed by atoms with Crippen molar-refractivity contribution in [3.05, 3.63) is 30.1 Å². The molecular weight excluding hydrogens is 174 g/mol. The molecule has 1 aromatic heterocycles. The molecule has 0 amide bonds. The summed E-state index contributed by atoms with van der Waals surface area (Å²) in [7, 11) is 0. The topological polar surface area (TPSA) is 33.1 Å². The first-order chi connectivity index (χ1) is 6.68. The number of aliphatic hydroxyl groups is 1. The Kier molecular flexibility index (Phi) is 2.55. The highest BCUT2D eigenvalue weighted by molar-refractivity contribution is 5.12. The van der Waals surface area contributed by atoms with Crippen LogP contribution in [0.5, 0.6) is 0 Å². The van der Waals surface area contributed by atoms with E-state index in [-0.39, 0.29) is 0 Å². The molecule has 2 unspecified atom stereocenters. The van der Waals surface area contributed by atoms with Crippen molar-refractivity contribution in [1.82, 2.24) is 4.98 Å². The predicted octanol–water partition coefficient (Wildman–Crippen LogP) is 2.18. The fourth-order valence-electron chi connectivity index (χ4n) is 2.41. The van der Waals surface area contributed by atoms with Gasteiger partial charge in [0.1, 0.15) is 0 Å². The summed E-state index contributed by atoms with van der Waals surface area (Å²) >= 11 is 0. The molecule has 1 aromatic rings. The lowest BCUT2D eigenvalue weighted by atomic mass is 9.93. The summed E-state index contributed by atoms with van der Waals surface area (Å²) in [6.45, 7) is 2.21. The Morgan fingerprint density at radius 3 is 3.07 bits per heavy atom. The Bertz CT molecular complexity index is 298. The highest BCUT2D eigenvalue weighted by atomic mass is 16.3. The number of pyridine rings is 1. The fraction of sp³-hybridized carbons (Fsp3) is 0.583. The smallest absolute Gasteiger partial charge is 0.0691 e. The van der Waals surface area contributed by atoms with Crippen molar-refractivity contribution in [2.45, 2.75) is 38.2 Å². The first-order valence-corrected chi connectivity index (χ1v) is 5.29. The van der Waals surface area contributed by atoms with Crippen molar-refractivity contribution in [2.24, 2.45) is 5.92 Å². The van der Waals surface area contributed by atoms with Gasteiger partial charge in [-0.25, -0.2) is 0 Å². The maximum absolute atomic E-state index is 10.3. The highest BCUT2D eigenvalue weighted by Crippen LogP contribution is 2.36. The Hall–Kier alpha value is -0.890. The van der Waals surface area contributed by atoms with Crippen LogP contribution >= 0.6 is 0 Å². The molecule has 0 aliphatic heterocycles. The molecule has 0 bridgehead atoms. The summed E-state index contributed by atoms with van der Waals surface area (Å²) in [5.74, 6) is 0.664.